The van der Waals surface area contributed by atoms with Gasteiger partial charge in [0.2, 0.25) is 0 Å². The molecule has 0 spiro atoms. The summed E-state index contributed by atoms with van der Waals surface area (Å²) in [5.41, 5.74) is 11.9. The molecule has 0 bridgehead atoms. The maximum atomic E-state index is 10.8. The first-order valence-corrected chi connectivity index (χ1v) is 5.90. The van der Waals surface area contributed by atoms with Crippen molar-refractivity contribution in [3.05, 3.63) is 23.8 Å². The van der Waals surface area contributed by atoms with Gasteiger partial charge in [-0.05, 0) is 24.5 Å². The summed E-state index contributed by atoms with van der Waals surface area (Å²) in [6, 6.07) is 5.54. The average Bonchev–Trinajstić information content (AvgIpc) is 2.37. The smallest absolute Gasteiger partial charge is 0.255 e. The maximum Gasteiger partial charge on any atom is 0.255 e. The monoisotopic (exact) mass is 252 g/mol. The number of amides is 1. The highest BCUT2D eigenvalue weighted by molar-refractivity contribution is 5.75. The largest absolute Gasteiger partial charge is 0.497 e. The molecule has 0 radical (unpaired) electrons. The van der Waals surface area contributed by atoms with Crippen molar-refractivity contribution in [2.45, 2.75) is 25.8 Å². The van der Waals surface area contributed by atoms with Crippen LogP contribution in [0.2, 0.25) is 0 Å². The first-order chi connectivity index (χ1) is 8.56. The third-order valence-electron chi connectivity index (χ3n) is 2.65. The summed E-state index contributed by atoms with van der Waals surface area (Å²) < 4.78 is 10.5. The van der Waals surface area contributed by atoms with Gasteiger partial charge in [0.1, 0.15) is 11.5 Å². The minimum absolute atomic E-state index is 0.0642. The molecular weight excluding hydrogens is 232 g/mol. The van der Waals surface area contributed by atoms with Crippen LogP contribution in [0.25, 0.3) is 0 Å². The van der Waals surface area contributed by atoms with Crippen molar-refractivity contribution in [3.63, 3.8) is 0 Å². The van der Waals surface area contributed by atoms with Gasteiger partial charge < -0.3 is 20.9 Å². The number of nitrogens with two attached hydrogens (primary N) is 2. The number of rotatable bonds is 7. The van der Waals surface area contributed by atoms with E-state index >= 15 is 0 Å². The summed E-state index contributed by atoms with van der Waals surface area (Å²) in [6.45, 7) is 1.87. The Morgan fingerprint density at radius 1 is 1.44 bits per heavy atom. The van der Waals surface area contributed by atoms with Gasteiger partial charge in [-0.3, -0.25) is 4.79 Å². The molecule has 0 aliphatic carbocycles. The Balaban J connectivity index is 2.89. The summed E-state index contributed by atoms with van der Waals surface area (Å²) in [6.07, 6.45) is 1.57. The number of primary amides is 1. The van der Waals surface area contributed by atoms with Gasteiger partial charge in [-0.25, -0.2) is 0 Å². The van der Waals surface area contributed by atoms with Crippen molar-refractivity contribution in [2.24, 2.45) is 11.5 Å². The second-order valence-corrected chi connectivity index (χ2v) is 4.10. The van der Waals surface area contributed by atoms with Crippen molar-refractivity contribution in [1.82, 2.24) is 0 Å². The molecule has 4 N–H and O–H groups in total. The van der Waals surface area contributed by atoms with E-state index in [1.165, 1.54) is 0 Å². The molecule has 0 aliphatic rings. The predicted octanol–water partition coefficient (Wildman–Crippen LogP) is 0.839. The fraction of sp³-hybridized carbons (Fsp3) is 0.462. The van der Waals surface area contributed by atoms with E-state index in [9.17, 15) is 4.79 Å². The van der Waals surface area contributed by atoms with Crippen LogP contribution in [0.4, 0.5) is 0 Å². The third-order valence-corrected chi connectivity index (χ3v) is 2.65. The molecule has 0 saturated carbocycles. The van der Waals surface area contributed by atoms with E-state index in [1.807, 2.05) is 19.1 Å². The van der Waals surface area contributed by atoms with Gasteiger partial charge >= 0.3 is 0 Å². The van der Waals surface area contributed by atoms with Crippen molar-refractivity contribution in [2.75, 3.05) is 13.7 Å². The maximum absolute atomic E-state index is 10.8. The Hall–Kier alpha value is -1.75. The summed E-state index contributed by atoms with van der Waals surface area (Å²) in [5.74, 6) is 0.754. The lowest BCUT2D eigenvalue weighted by Gasteiger charge is -2.14. The summed E-state index contributed by atoms with van der Waals surface area (Å²) in [4.78, 5) is 10.8. The molecule has 0 aromatic heterocycles. The van der Waals surface area contributed by atoms with Crippen LogP contribution in [-0.4, -0.2) is 25.7 Å². The number of carbonyl (C=O) groups excluding carboxylic acids is 1. The Morgan fingerprint density at radius 3 is 2.72 bits per heavy atom. The van der Waals surface area contributed by atoms with Crippen LogP contribution in [0.15, 0.2) is 18.2 Å². The predicted molar refractivity (Wildman–Crippen MR) is 69.7 cm³/mol. The van der Waals surface area contributed by atoms with Crippen LogP contribution < -0.4 is 20.9 Å². The highest BCUT2D eigenvalue weighted by Crippen LogP contribution is 2.26. The SMILES string of the molecule is CCC(N)Cc1ccc(OC)cc1OCC(N)=O. The molecule has 0 heterocycles. The molecule has 100 valence electrons. The lowest BCUT2D eigenvalue weighted by Crippen LogP contribution is -2.23. The summed E-state index contributed by atoms with van der Waals surface area (Å²) >= 11 is 0. The zero-order valence-electron chi connectivity index (χ0n) is 10.8. The fourth-order valence-electron chi connectivity index (χ4n) is 1.54. The molecule has 1 atom stereocenters. The van der Waals surface area contributed by atoms with E-state index in [1.54, 1.807) is 13.2 Å². The van der Waals surface area contributed by atoms with Gasteiger partial charge in [0.25, 0.3) is 5.91 Å². The highest BCUT2D eigenvalue weighted by Gasteiger charge is 2.10. The van der Waals surface area contributed by atoms with Gasteiger partial charge in [0.05, 0.1) is 7.11 Å². The van der Waals surface area contributed by atoms with E-state index in [0.29, 0.717) is 17.9 Å². The van der Waals surface area contributed by atoms with Gasteiger partial charge in [-0.2, -0.15) is 0 Å². The summed E-state index contributed by atoms with van der Waals surface area (Å²) in [5, 5.41) is 0. The van der Waals surface area contributed by atoms with E-state index in [-0.39, 0.29) is 12.6 Å². The molecule has 5 heteroatoms. The fourth-order valence-corrected chi connectivity index (χ4v) is 1.54. The second kappa shape index (κ2) is 6.86. The van der Waals surface area contributed by atoms with Gasteiger partial charge in [0, 0.05) is 12.1 Å². The third kappa shape index (κ3) is 4.25. The van der Waals surface area contributed by atoms with Crippen LogP contribution >= 0.6 is 0 Å². The average molecular weight is 252 g/mol. The van der Waals surface area contributed by atoms with Gasteiger partial charge in [-0.15, -0.1) is 0 Å². The molecule has 1 amide bonds. The first kappa shape index (κ1) is 14.3. The Morgan fingerprint density at radius 2 is 2.17 bits per heavy atom. The van der Waals surface area contributed by atoms with Crippen LogP contribution in [0.5, 0.6) is 11.5 Å². The standard InChI is InChI=1S/C13H20N2O3/c1-3-10(14)6-9-4-5-11(17-2)7-12(9)18-8-13(15)16/h4-5,7,10H,3,6,8,14H2,1-2H3,(H2,15,16). The topological polar surface area (TPSA) is 87.6 Å². The van der Waals surface area contributed by atoms with Crippen molar-refractivity contribution < 1.29 is 14.3 Å². The number of hydrogen-bond donors (Lipinski definition) is 2. The van der Waals surface area contributed by atoms with E-state index < -0.39 is 5.91 Å². The molecule has 1 unspecified atom stereocenters. The number of ether oxygens (including phenoxy) is 2. The number of hydrogen-bond acceptors (Lipinski definition) is 4. The van der Waals surface area contributed by atoms with Crippen LogP contribution in [0, 0.1) is 0 Å². The number of carbonyl (C=O) groups is 1. The second-order valence-electron chi connectivity index (χ2n) is 4.10. The number of methoxy groups -OCH3 is 1. The molecule has 5 nitrogen and oxygen atoms in total. The van der Waals surface area contributed by atoms with Crippen LogP contribution in [0.3, 0.4) is 0 Å². The molecule has 0 aliphatic heterocycles. The molecule has 18 heavy (non-hydrogen) atoms. The summed E-state index contributed by atoms with van der Waals surface area (Å²) in [7, 11) is 1.57. The van der Waals surface area contributed by atoms with Crippen molar-refractivity contribution in [3.8, 4) is 11.5 Å². The van der Waals surface area contributed by atoms with Gasteiger partial charge in [0.15, 0.2) is 6.61 Å². The van der Waals surface area contributed by atoms with E-state index in [2.05, 4.69) is 0 Å². The quantitative estimate of drug-likeness (QED) is 0.752. The minimum atomic E-state index is -0.511. The first-order valence-electron chi connectivity index (χ1n) is 5.90. The van der Waals surface area contributed by atoms with E-state index in [4.69, 9.17) is 20.9 Å². The van der Waals surface area contributed by atoms with Crippen molar-refractivity contribution >= 4 is 5.91 Å². The van der Waals surface area contributed by atoms with Gasteiger partial charge in [-0.1, -0.05) is 13.0 Å². The molecule has 1 aromatic carbocycles. The highest BCUT2D eigenvalue weighted by atomic mass is 16.5. The molecule has 0 saturated heterocycles. The zero-order valence-corrected chi connectivity index (χ0v) is 10.8. The van der Waals surface area contributed by atoms with Crippen molar-refractivity contribution in [1.29, 1.82) is 0 Å². The molecule has 1 aromatic rings. The molecule has 0 fully saturated rings. The lowest BCUT2D eigenvalue weighted by molar-refractivity contribution is -0.119. The number of benzene rings is 1. The molecular formula is C13H20N2O3. The Kier molecular flexibility index (Phi) is 5.45. The van der Waals surface area contributed by atoms with E-state index in [0.717, 1.165) is 12.0 Å². The normalized spacial score (nSPS) is 11.9. The zero-order chi connectivity index (χ0) is 13.5. The lowest BCUT2D eigenvalue weighted by atomic mass is 10.0. The van der Waals surface area contributed by atoms with Crippen LogP contribution in [0.1, 0.15) is 18.9 Å². The Bertz CT molecular complexity index is 407. The molecule has 1 rings (SSSR count). The van der Waals surface area contributed by atoms with Crippen LogP contribution in [-0.2, 0) is 11.2 Å². The Labute approximate surface area is 107 Å². The minimum Gasteiger partial charge on any atom is -0.497 e.